The van der Waals surface area contributed by atoms with Crippen molar-refractivity contribution in [2.45, 2.75) is 60.1 Å². The molecule has 3 aromatic rings. The van der Waals surface area contributed by atoms with E-state index in [1.54, 1.807) is 12.1 Å². The van der Waals surface area contributed by atoms with Crippen molar-refractivity contribution in [2.24, 2.45) is 5.41 Å². The second-order valence-electron chi connectivity index (χ2n) is 8.92. The van der Waals surface area contributed by atoms with Crippen LogP contribution >= 0.6 is 0 Å². The van der Waals surface area contributed by atoms with Crippen LogP contribution in [0.4, 0.5) is 0 Å². The van der Waals surface area contributed by atoms with Gasteiger partial charge in [0.2, 0.25) is 0 Å². The number of hydrogen-bond acceptors (Lipinski definition) is 5. The molecule has 1 aliphatic rings. The third-order valence-electron chi connectivity index (χ3n) is 5.72. The van der Waals surface area contributed by atoms with Gasteiger partial charge in [-0.25, -0.2) is 0 Å². The first-order chi connectivity index (χ1) is 14.2. The Morgan fingerprint density at radius 3 is 2.63 bits per heavy atom. The summed E-state index contributed by atoms with van der Waals surface area (Å²) in [5.41, 5.74) is 3.55. The van der Waals surface area contributed by atoms with E-state index in [2.05, 4.69) is 24.3 Å². The van der Waals surface area contributed by atoms with Gasteiger partial charge < -0.3 is 19.0 Å². The van der Waals surface area contributed by atoms with Crippen LogP contribution in [0, 0.1) is 26.2 Å². The quantitative estimate of drug-likeness (QED) is 0.627. The van der Waals surface area contributed by atoms with Gasteiger partial charge >= 0.3 is 0 Å². The minimum Gasteiger partial charge on any atom is -0.489 e. The van der Waals surface area contributed by atoms with E-state index in [4.69, 9.17) is 13.7 Å². The molecule has 0 bridgehead atoms. The fourth-order valence-electron chi connectivity index (χ4n) is 4.12. The molecule has 0 saturated carbocycles. The lowest BCUT2D eigenvalue weighted by Crippen LogP contribution is -2.36. The third-order valence-corrected chi connectivity index (χ3v) is 5.72. The van der Waals surface area contributed by atoms with Crippen LogP contribution in [0.3, 0.4) is 0 Å². The van der Waals surface area contributed by atoms with Crippen molar-refractivity contribution in [1.82, 2.24) is 10.5 Å². The number of nitrogens with one attached hydrogen (secondary N) is 1. The third kappa shape index (κ3) is 4.13. The summed E-state index contributed by atoms with van der Waals surface area (Å²) >= 11 is 0. The molecule has 0 aliphatic heterocycles. The summed E-state index contributed by atoms with van der Waals surface area (Å²) in [6.45, 7) is 10.5. The van der Waals surface area contributed by atoms with E-state index in [1.807, 2.05) is 39.0 Å². The number of furan rings is 1. The van der Waals surface area contributed by atoms with Gasteiger partial charge in [-0.1, -0.05) is 19.0 Å². The zero-order valence-electron chi connectivity index (χ0n) is 18.2. The SMILES string of the molecule is Cc1cc2c(o1)CC(C)(C)CC2NC(=O)c1ccc(OCc2c(C)noc2C)cc1. The van der Waals surface area contributed by atoms with Gasteiger partial charge in [-0.15, -0.1) is 0 Å². The zero-order valence-corrected chi connectivity index (χ0v) is 18.2. The van der Waals surface area contributed by atoms with Crippen LogP contribution in [0.5, 0.6) is 5.75 Å². The van der Waals surface area contributed by atoms with Crippen LogP contribution in [0.25, 0.3) is 0 Å². The molecule has 1 amide bonds. The summed E-state index contributed by atoms with van der Waals surface area (Å²) in [4.78, 5) is 12.9. The van der Waals surface area contributed by atoms with Crippen LogP contribution in [0.2, 0.25) is 0 Å². The van der Waals surface area contributed by atoms with Crippen LogP contribution < -0.4 is 10.1 Å². The van der Waals surface area contributed by atoms with Crippen LogP contribution in [0.15, 0.2) is 39.3 Å². The number of hydrogen-bond donors (Lipinski definition) is 1. The molecule has 6 nitrogen and oxygen atoms in total. The van der Waals surface area contributed by atoms with Gasteiger partial charge in [0.05, 0.1) is 17.3 Å². The topological polar surface area (TPSA) is 77.5 Å². The normalized spacial score (nSPS) is 17.4. The number of aromatic nitrogens is 1. The minimum atomic E-state index is -0.0974. The molecule has 6 heteroatoms. The number of carbonyl (C=O) groups excluding carboxylic acids is 1. The van der Waals surface area contributed by atoms with E-state index in [0.29, 0.717) is 17.9 Å². The molecule has 0 saturated heterocycles. The number of fused-ring (bicyclic) bond motifs is 1. The van der Waals surface area contributed by atoms with Crippen LogP contribution in [-0.2, 0) is 13.0 Å². The number of amides is 1. The first kappa shape index (κ1) is 20.3. The molecule has 0 spiro atoms. The van der Waals surface area contributed by atoms with Gasteiger partial charge in [-0.2, -0.15) is 0 Å². The van der Waals surface area contributed by atoms with E-state index < -0.39 is 0 Å². The smallest absolute Gasteiger partial charge is 0.251 e. The average molecular weight is 408 g/mol. The summed E-state index contributed by atoms with van der Waals surface area (Å²) < 4.78 is 16.9. The first-order valence-corrected chi connectivity index (χ1v) is 10.3. The summed E-state index contributed by atoms with van der Waals surface area (Å²) in [5.74, 6) is 3.22. The summed E-state index contributed by atoms with van der Waals surface area (Å²) in [7, 11) is 0. The van der Waals surface area contributed by atoms with Crippen molar-refractivity contribution in [3.8, 4) is 5.75 Å². The number of nitrogens with zero attached hydrogens (tertiary/aromatic N) is 1. The zero-order chi connectivity index (χ0) is 21.5. The molecule has 0 radical (unpaired) electrons. The predicted molar refractivity (Wildman–Crippen MR) is 113 cm³/mol. The van der Waals surface area contributed by atoms with Gasteiger partial charge in [0, 0.05) is 17.5 Å². The van der Waals surface area contributed by atoms with Gasteiger partial charge in [-0.3, -0.25) is 4.79 Å². The predicted octanol–water partition coefficient (Wildman–Crippen LogP) is 5.22. The Balaban J connectivity index is 1.43. The Morgan fingerprint density at radius 2 is 1.97 bits per heavy atom. The fraction of sp³-hybridized carbons (Fsp3) is 0.417. The molecule has 0 fully saturated rings. The summed E-state index contributed by atoms with van der Waals surface area (Å²) in [6.07, 6.45) is 1.77. The first-order valence-electron chi connectivity index (χ1n) is 10.3. The van der Waals surface area contributed by atoms with Crippen molar-refractivity contribution in [3.63, 3.8) is 0 Å². The Morgan fingerprint density at radius 1 is 1.23 bits per heavy atom. The van der Waals surface area contributed by atoms with E-state index in [1.165, 1.54) is 0 Å². The monoisotopic (exact) mass is 408 g/mol. The van der Waals surface area contributed by atoms with E-state index in [9.17, 15) is 4.79 Å². The Hall–Kier alpha value is -3.02. The van der Waals surface area contributed by atoms with Crippen molar-refractivity contribution >= 4 is 5.91 Å². The number of benzene rings is 1. The molecule has 2 heterocycles. The average Bonchev–Trinajstić information content (AvgIpc) is 3.20. The highest BCUT2D eigenvalue weighted by atomic mass is 16.5. The largest absolute Gasteiger partial charge is 0.489 e. The molecule has 1 unspecified atom stereocenters. The highest BCUT2D eigenvalue weighted by Gasteiger charge is 2.35. The Bertz CT molecular complexity index is 1040. The molecule has 1 atom stereocenters. The minimum absolute atomic E-state index is 0.0517. The van der Waals surface area contributed by atoms with E-state index in [-0.39, 0.29) is 17.4 Å². The highest BCUT2D eigenvalue weighted by molar-refractivity contribution is 5.94. The molecule has 2 aromatic heterocycles. The maximum atomic E-state index is 12.9. The second kappa shape index (κ2) is 7.67. The van der Waals surface area contributed by atoms with E-state index >= 15 is 0 Å². The lowest BCUT2D eigenvalue weighted by atomic mass is 9.74. The summed E-state index contributed by atoms with van der Waals surface area (Å²) in [6, 6.07) is 9.18. The standard InChI is InChI=1S/C24H28N2O4/c1-14-10-19-21(11-24(4,5)12-22(19)29-14)25-23(27)17-6-8-18(9-7-17)28-13-20-15(2)26-30-16(20)3/h6-10,21H,11-13H2,1-5H3,(H,25,27). The van der Waals surface area contributed by atoms with Gasteiger partial charge in [0.25, 0.3) is 5.91 Å². The lowest BCUT2D eigenvalue weighted by Gasteiger charge is -2.34. The highest BCUT2D eigenvalue weighted by Crippen LogP contribution is 2.42. The Labute approximate surface area is 176 Å². The number of rotatable bonds is 5. The number of ether oxygens (including phenoxy) is 1. The van der Waals surface area contributed by atoms with Crippen molar-refractivity contribution in [3.05, 3.63) is 70.0 Å². The molecule has 4 rings (SSSR count). The molecule has 1 aliphatic carbocycles. The molecule has 1 aromatic carbocycles. The molecular weight excluding hydrogens is 380 g/mol. The molecule has 1 N–H and O–H groups in total. The van der Waals surface area contributed by atoms with Crippen molar-refractivity contribution in [2.75, 3.05) is 0 Å². The maximum Gasteiger partial charge on any atom is 0.251 e. The van der Waals surface area contributed by atoms with Crippen molar-refractivity contribution in [1.29, 1.82) is 0 Å². The number of carbonyl (C=O) groups is 1. The number of aryl methyl sites for hydroxylation is 3. The van der Waals surface area contributed by atoms with Gasteiger partial charge in [-0.05, 0) is 62.9 Å². The maximum absolute atomic E-state index is 12.9. The van der Waals surface area contributed by atoms with Crippen molar-refractivity contribution < 1.29 is 18.5 Å². The van der Waals surface area contributed by atoms with Gasteiger partial charge in [0.1, 0.15) is 29.6 Å². The van der Waals surface area contributed by atoms with Crippen LogP contribution in [-0.4, -0.2) is 11.1 Å². The van der Waals surface area contributed by atoms with Crippen LogP contribution in [0.1, 0.15) is 70.8 Å². The second-order valence-corrected chi connectivity index (χ2v) is 8.92. The Kier molecular flexibility index (Phi) is 5.18. The molecular formula is C24H28N2O4. The fourth-order valence-corrected chi connectivity index (χ4v) is 4.12. The van der Waals surface area contributed by atoms with Gasteiger partial charge in [0.15, 0.2) is 0 Å². The molecule has 30 heavy (non-hydrogen) atoms. The summed E-state index contributed by atoms with van der Waals surface area (Å²) in [5, 5.41) is 7.12. The van der Waals surface area contributed by atoms with E-state index in [0.717, 1.165) is 46.9 Å². The lowest BCUT2D eigenvalue weighted by molar-refractivity contribution is 0.0917. The molecule has 158 valence electrons.